The van der Waals surface area contributed by atoms with Gasteiger partial charge in [-0.05, 0) is 12.8 Å². The average molecular weight is 363 g/mol. The third-order valence-corrected chi connectivity index (χ3v) is 7.40. The molecule has 5 unspecified atom stereocenters. The van der Waals surface area contributed by atoms with Crippen molar-refractivity contribution in [2.75, 3.05) is 19.6 Å². The van der Waals surface area contributed by atoms with Crippen molar-refractivity contribution in [1.29, 1.82) is 0 Å². The standard InChI is InChI=1S/C13H21BrN3O4/c1-2-3-4-5-17-8-12(15(18)19)6-10(17)11(14)13(7-12,9-17)16(20)21/h10-11H,2-9H2,1H3/q+1. The summed E-state index contributed by atoms with van der Waals surface area (Å²) in [7, 11) is 0. The quantitative estimate of drug-likeness (QED) is 0.237. The minimum atomic E-state index is -1.15. The van der Waals surface area contributed by atoms with Gasteiger partial charge in [0, 0.05) is 9.85 Å². The third kappa shape index (κ3) is 1.81. The first-order chi connectivity index (χ1) is 9.82. The highest BCUT2D eigenvalue weighted by Gasteiger charge is 2.85. The first-order valence-corrected chi connectivity index (χ1v) is 8.52. The van der Waals surface area contributed by atoms with Crippen LogP contribution in [0, 0.1) is 20.2 Å². The van der Waals surface area contributed by atoms with E-state index in [0.717, 1.165) is 25.8 Å². The van der Waals surface area contributed by atoms with Gasteiger partial charge in [-0.15, -0.1) is 0 Å². The van der Waals surface area contributed by atoms with Crippen LogP contribution < -0.4 is 0 Å². The molecular formula is C13H21BrN3O4+. The van der Waals surface area contributed by atoms with Crippen LogP contribution in [0.4, 0.5) is 0 Å². The van der Waals surface area contributed by atoms with Gasteiger partial charge in [0.15, 0.2) is 13.1 Å². The molecule has 21 heavy (non-hydrogen) atoms. The molecular weight excluding hydrogens is 342 g/mol. The highest BCUT2D eigenvalue weighted by Crippen LogP contribution is 2.59. The number of quaternary nitrogens is 1. The summed E-state index contributed by atoms with van der Waals surface area (Å²) >= 11 is 3.54. The monoisotopic (exact) mass is 362 g/mol. The number of unbranched alkanes of at least 4 members (excludes halogenated alkanes) is 2. The summed E-state index contributed by atoms with van der Waals surface area (Å²) < 4.78 is 0.581. The number of nitrogens with zero attached hydrogens (tertiary/aromatic N) is 3. The van der Waals surface area contributed by atoms with E-state index in [2.05, 4.69) is 22.9 Å². The zero-order valence-corrected chi connectivity index (χ0v) is 13.8. The normalized spacial score (nSPS) is 47.0. The summed E-state index contributed by atoms with van der Waals surface area (Å²) in [5.74, 6) is 0. The topological polar surface area (TPSA) is 86.3 Å². The van der Waals surface area contributed by atoms with Crippen molar-refractivity contribution in [2.24, 2.45) is 0 Å². The second kappa shape index (κ2) is 4.62. The van der Waals surface area contributed by atoms with Gasteiger partial charge in [0.05, 0.1) is 13.0 Å². The Bertz CT molecular complexity index is 504. The van der Waals surface area contributed by atoms with E-state index >= 15 is 0 Å². The number of piperidine rings is 1. The van der Waals surface area contributed by atoms with Crippen molar-refractivity contribution >= 4 is 15.9 Å². The lowest BCUT2D eigenvalue weighted by Crippen LogP contribution is -2.65. The van der Waals surface area contributed by atoms with Gasteiger partial charge >= 0.3 is 0 Å². The zero-order valence-electron chi connectivity index (χ0n) is 12.2. The van der Waals surface area contributed by atoms with Crippen molar-refractivity contribution in [3.8, 4) is 0 Å². The molecule has 7 nitrogen and oxygen atoms in total. The molecule has 4 fully saturated rings. The number of nitro groups is 2. The molecule has 0 aromatic heterocycles. The van der Waals surface area contributed by atoms with Crippen molar-refractivity contribution < 1.29 is 14.3 Å². The Hall–Kier alpha value is -0.760. The predicted molar refractivity (Wildman–Crippen MR) is 79.6 cm³/mol. The molecule has 3 saturated heterocycles. The van der Waals surface area contributed by atoms with Crippen LogP contribution in [-0.4, -0.2) is 55.9 Å². The summed E-state index contributed by atoms with van der Waals surface area (Å²) in [6, 6.07) is 0.0198. The molecule has 0 amide bonds. The SMILES string of the molecule is CCCCC[N+]12CC3([N+](=O)[O-])CC1C(Br)C([N+](=O)[O-])(C3)C2. The van der Waals surface area contributed by atoms with E-state index in [9.17, 15) is 20.2 Å². The summed E-state index contributed by atoms with van der Waals surface area (Å²) in [6.07, 6.45) is 3.73. The van der Waals surface area contributed by atoms with Gasteiger partial charge in [0.25, 0.3) is 11.1 Å². The van der Waals surface area contributed by atoms with Crippen molar-refractivity contribution in [2.45, 2.75) is 61.0 Å². The van der Waals surface area contributed by atoms with Crippen LogP contribution in [0.25, 0.3) is 0 Å². The molecule has 0 aromatic rings. The maximum atomic E-state index is 11.7. The number of rotatable bonds is 6. The summed E-state index contributed by atoms with van der Waals surface area (Å²) in [4.78, 5) is 22.6. The second-order valence-corrected chi connectivity index (χ2v) is 8.14. The maximum Gasteiger partial charge on any atom is 0.294 e. The lowest BCUT2D eigenvalue weighted by molar-refractivity contribution is -0.945. The van der Waals surface area contributed by atoms with Crippen molar-refractivity contribution in [1.82, 2.24) is 0 Å². The van der Waals surface area contributed by atoms with Crippen LogP contribution in [0.2, 0.25) is 0 Å². The van der Waals surface area contributed by atoms with Gasteiger partial charge in [-0.1, -0.05) is 29.3 Å². The molecule has 118 valence electrons. The minimum absolute atomic E-state index is 0.0198. The predicted octanol–water partition coefficient (Wildman–Crippen LogP) is 1.98. The third-order valence-electron chi connectivity index (χ3n) is 5.93. The molecule has 4 rings (SSSR count). The molecule has 0 radical (unpaired) electrons. The summed E-state index contributed by atoms with van der Waals surface area (Å²) in [5.41, 5.74) is -2.23. The second-order valence-electron chi connectivity index (χ2n) is 7.16. The van der Waals surface area contributed by atoms with E-state index in [0.29, 0.717) is 24.0 Å². The van der Waals surface area contributed by atoms with Crippen LogP contribution >= 0.6 is 15.9 Å². The van der Waals surface area contributed by atoms with Crippen LogP contribution in [0.15, 0.2) is 0 Å². The van der Waals surface area contributed by atoms with Crippen LogP contribution in [-0.2, 0) is 0 Å². The lowest BCUT2D eigenvalue weighted by Gasteiger charge is -2.38. The fraction of sp³-hybridized carbons (Fsp3) is 1.00. The number of alkyl halides is 1. The maximum absolute atomic E-state index is 11.7. The zero-order chi connectivity index (χ0) is 15.5. The molecule has 1 aliphatic carbocycles. The molecule has 3 heterocycles. The highest BCUT2D eigenvalue weighted by molar-refractivity contribution is 9.09. The van der Waals surface area contributed by atoms with Crippen LogP contribution in [0.1, 0.15) is 39.0 Å². The van der Waals surface area contributed by atoms with Gasteiger partial charge in [-0.25, -0.2) is 0 Å². The molecule has 8 heteroatoms. The van der Waals surface area contributed by atoms with Gasteiger partial charge in [-0.3, -0.25) is 20.2 Å². The van der Waals surface area contributed by atoms with Gasteiger partial charge in [-0.2, -0.15) is 0 Å². The fourth-order valence-corrected chi connectivity index (χ4v) is 6.33. The smallest absolute Gasteiger partial charge is 0.294 e. The van der Waals surface area contributed by atoms with E-state index in [1.807, 2.05) is 0 Å². The van der Waals surface area contributed by atoms with Crippen molar-refractivity contribution in [3.05, 3.63) is 20.2 Å². The molecule has 1 saturated carbocycles. The summed E-state index contributed by atoms with van der Waals surface area (Å²) in [6.45, 7) is 3.89. The van der Waals surface area contributed by atoms with E-state index in [1.54, 1.807) is 0 Å². The number of hydrogen-bond donors (Lipinski definition) is 0. The summed E-state index contributed by atoms with van der Waals surface area (Å²) in [5, 5.41) is 23.3. The Morgan fingerprint density at radius 1 is 1.24 bits per heavy atom. The van der Waals surface area contributed by atoms with Gasteiger partial charge in [0.1, 0.15) is 17.3 Å². The largest absolute Gasteiger partial charge is 0.308 e. The number of halogens is 1. The van der Waals surface area contributed by atoms with E-state index in [1.165, 1.54) is 0 Å². The average Bonchev–Trinajstić information content (AvgIpc) is 2.75. The lowest BCUT2D eigenvalue weighted by atomic mass is 9.73. The van der Waals surface area contributed by atoms with Crippen LogP contribution in [0.3, 0.4) is 0 Å². The highest BCUT2D eigenvalue weighted by atomic mass is 79.9. The molecule has 4 aliphatic rings. The molecule has 0 spiro atoms. The Kier molecular flexibility index (Phi) is 3.33. The van der Waals surface area contributed by atoms with Gasteiger partial charge in [0.2, 0.25) is 0 Å². The first kappa shape index (κ1) is 15.1. The Labute approximate surface area is 131 Å². The molecule has 0 aromatic carbocycles. The van der Waals surface area contributed by atoms with E-state index in [-0.39, 0.29) is 27.1 Å². The van der Waals surface area contributed by atoms with Crippen molar-refractivity contribution in [3.63, 3.8) is 0 Å². The first-order valence-electron chi connectivity index (χ1n) is 7.61. The Balaban J connectivity index is 1.97. The molecule has 0 N–H and O–H groups in total. The Morgan fingerprint density at radius 3 is 2.52 bits per heavy atom. The molecule has 4 bridgehead atoms. The van der Waals surface area contributed by atoms with E-state index < -0.39 is 11.1 Å². The molecule has 5 atom stereocenters. The number of hydrogen-bond acceptors (Lipinski definition) is 4. The van der Waals surface area contributed by atoms with Crippen LogP contribution in [0.5, 0.6) is 0 Å². The Morgan fingerprint density at radius 2 is 1.95 bits per heavy atom. The minimum Gasteiger partial charge on any atom is -0.308 e. The molecule has 3 aliphatic heterocycles. The van der Waals surface area contributed by atoms with E-state index in [4.69, 9.17) is 0 Å². The van der Waals surface area contributed by atoms with Gasteiger partial charge < -0.3 is 4.48 Å². The fourth-order valence-electron chi connectivity index (χ4n) is 5.17.